The van der Waals surface area contributed by atoms with Gasteiger partial charge in [0, 0.05) is 30.2 Å². The second-order valence-electron chi connectivity index (χ2n) is 12.0. The Labute approximate surface area is 248 Å². The Balaban J connectivity index is 0.00000187. The number of hydrogen-bond acceptors (Lipinski definition) is 4. The van der Waals surface area contributed by atoms with Crippen molar-refractivity contribution in [2.24, 2.45) is 17.8 Å². The topological polar surface area (TPSA) is 68.3 Å². The van der Waals surface area contributed by atoms with Gasteiger partial charge in [0.15, 0.2) is 5.78 Å². The molecule has 224 valence electrons. The van der Waals surface area contributed by atoms with Gasteiger partial charge in [0.25, 0.3) is 0 Å². The van der Waals surface area contributed by atoms with E-state index < -0.39 is 0 Å². The third kappa shape index (κ3) is 9.05. The van der Waals surface area contributed by atoms with E-state index in [9.17, 15) is 19.2 Å². The highest BCUT2D eigenvalue weighted by atomic mass is 16.1. The molecule has 3 rings (SSSR count). The van der Waals surface area contributed by atoms with E-state index in [4.69, 9.17) is 0 Å². The van der Waals surface area contributed by atoms with Gasteiger partial charge in [-0.3, -0.25) is 19.2 Å². The molecule has 1 aliphatic carbocycles. The summed E-state index contributed by atoms with van der Waals surface area (Å²) in [6.45, 7) is 15.8. The largest absolute Gasteiger partial charge is 0.300 e. The van der Waals surface area contributed by atoms with Crippen LogP contribution in [0.3, 0.4) is 0 Å². The number of hydrogen-bond donors (Lipinski definition) is 0. The molecule has 0 spiro atoms. The van der Waals surface area contributed by atoms with Crippen LogP contribution in [0.15, 0.2) is 36.4 Å². The molecule has 0 amide bonds. The summed E-state index contributed by atoms with van der Waals surface area (Å²) in [7, 11) is 0. The summed E-state index contributed by atoms with van der Waals surface area (Å²) in [6, 6.07) is 12.4. The van der Waals surface area contributed by atoms with Crippen molar-refractivity contribution in [3.63, 3.8) is 0 Å². The van der Waals surface area contributed by atoms with Crippen LogP contribution >= 0.6 is 0 Å². The predicted octanol–water partition coefficient (Wildman–Crippen LogP) is 9.29. The van der Waals surface area contributed by atoms with Crippen LogP contribution in [0.4, 0.5) is 0 Å². The minimum atomic E-state index is -0.132. The number of Topliss-reactive ketones (excluding diaryl/α,β-unsaturated/α-hetero) is 4. The number of rotatable bonds is 13. The normalized spacial score (nSPS) is 16.6. The summed E-state index contributed by atoms with van der Waals surface area (Å²) >= 11 is 0. The van der Waals surface area contributed by atoms with Crippen molar-refractivity contribution in [2.45, 2.75) is 119 Å². The fourth-order valence-electron chi connectivity index (χ4n) is 6.45. The third-order valence-corrected chi connectivity index (χ3v) is 8.46. The smallest absolute Gasteiger partial charge is 0.163 e. The first-order chi connectivity index (χ1) is 19.5. The van der Waals surface area contributed by atoms with E-state index in [0.717, 1.165) is 65.5 Å². The van der Waals surface area contributed by atoms with E-state index in [1.165, 1.54) is 13.3 Å². The standard InChI is InChI=1S/C34H44O4.C3H8/c1-7-10-27(28(8-2)32(37)17-22(5)35)18-24-19-30-29(16-11-21(4)34(30)33(38)20-24)26-14-12-25(13-15-26)23(6)31(36)9-3;1-3-2/h11-16,23-24,27-28H,7-10,17-20H2,1-6H3;3H2,1-2H3. The summed E-state index contributed by atoms with van der Waals surface area (Å²) in [4.78, 5) is 50.2. The maximum absolute atomic E-state index is 13.5. The number of ketones is 4. The summed E-state index contributed by atoms with van der Waals surface area (Å²) in [5.74, 6) is 0.486. The molecule has 0 N–H and O–H groups in total. The van der Waals surface area contributed by atoms with Gasteiger partial charge in [0.05, 0.1) is 6.42 Å². The minimum Gasteiger partial charge on any atom is -0.300 e. The molecule has 4 atom stereocenters. The molecule has 0 aromatic heterocycles. The highest BCUT2D eigenvalue weighted by molar-refractivity contribution is 6.02. The lowest BCUT2D eigenvalue weighted by Gasteiger charge is -2.32. The number of benzene rings is 2. The van der Waals surface area contributed by atoms with Gasteiger partial charge in [-0.15, -0.1) is 0 Å². The van der Waals surface area contributed by atoms with E-state index in [1.807, 2.05) is 45.9 Å². The van der Waals surface area contributed by atoms with Gasteiger partial charge >= 0.3 is 0 Å². The van der Waals surface area contributed by atoms with Crippen LogP contribution in [-0.2, 0) is 20.8 Å². The van der Waals surface area contributed by atoms with Crippen molar-refractivity contribution >= 4 is 23.1 Å². The zero-order chi connectivity index (χ0) is 30.7. The first-order valence-electron chi connectivity index (χ1n) is 15.8. The predicted molar refractivity (Wildman–Crippen MR) is 170 cm³/mol. The first-order valence-corrected chi connectivity index (χ1v) is 15.8. The lowest BCUT2D eigenvalue weighted by molar-refractivity contribution is -0.130. The van der Waals surface area contributed by atoms with E-state index in [1.54, 1.807) is 0 Å². The Kier molecular flexibility index (Phi) is 13.8. The molecule has 0 heterocycles. The van der Waals surface area contributed by atoms with Gasteiger partial charge in [-0.05, 0) is 72.8 Å². The van der Waals surface area contributed by atoms with Crippen LogP contribution < -0.4 is 0 Å². The lowest BCUT2D eigenvalue weighted by atomic mass is 9.71. The second-order valence-corrected chi connectivity index (χ2v) is 12.0. The number of carbonyl (C=O) groups is 4. The molecule has 4 nitrogen and oxygen atoms in total. The van der Waals surface area contributed by atoms with Crippen LogP contribution in [-0.4, -0.2) is 23.1 Å². The van der Waals surface area contributed by atoms with Gasteiger partial charge in [-0.1, -0.05) is 97.2 Å². The second kappa shape index (κ2) is 16.5. The SMILES string of the molecule is CCC.CCCC(CC1CC(=O)c2c(C)ccc(-c3ccc(C(C)C(=O)CC)cc3)c2C1)C(CC)C(=O)CC(C)=O. The molecule has 4 unspecified atom stereocenters. The monoisotopic (exact) mass is 560 g/mol. The zero-order valence-corrected chi connectivity index (χ0v) is 26.8. The maximum Gasteiger partial charge on any atom is 0.163 e. The average molecular weight is 561 g/mol. The van der Waals surface area contributed by atoms with E-state index in [0.29, 0.717) is 12.8 Å². The van der Waals surface area contributed by atoms with Crippen LogP contribution in [0.1, 0.15) is 133 Å². The quantitative estimate of drug-likeness (QED) is 0.229. The van der Waals surface area contributed by atoms with Gasteiger partial charge in [-0.2, -0.15) is 0 Å². The number of carbonyl (C=O) groups excluding carboxylic acids is 4. The molecule has 0 aliphatic heterocycles. The molecule has 41 heavy (non-hydrogen) atoms. The molecule has 0 bridgehead atoms. The number of fused-ring (bicyclic) bond motifs is 1. The summed E-state index contributed by atoms with van der Waals surface area (Å²) < 4.78 is 0. The molecule has 2 aromatic carbocycles. The van der Waals surface area contributed by atoms with Gasteiger partial charge in [0.1, 0.15) is 17.3 Å². The molecule has 2 aromatic rings. The van der Waals surface area contributed by atoms with Crippen molar-refractivity contribution in [1.82, 2.24) is 0 Å². The van der Waals surface area contributed by atoms with Crippen molar-refractivity contribution in [1.29, 1.82) is 0 Å². The van der Waals surface area contributed by atoms with Crippen LogP contribution in [0, 0.1) is 24.7 Å². The molecule has 0 saturated carbocycles. The Bertz CT molecular complexity index is 1190. The van der Waals surface area contributed by atoms with Crippen molar-refractivity contribution in [3.05, 3.63) is 58.7 Å². The molecule has 4 heteroatoms. The average Bonchev–Trinajstić information content (AvgIpc) is 2.93. The summed E-state index contributed by atoms with van der Waals surface area (Å²) in [6.07, 6.45) is 6.54. The maximum atomic E-state index is 13.5. The highest BCUT2D eigenvalue weighted by Crippen LogP contribution is 2.40. The minimum absolute atomic E-state index is 0.00690. The Morgan fingerprint density at radius 3 is 2.07 bits per heavy atom. The Morgan fingerprint density at radius 1 is 0.902 bits per heavy atom. The zero-order valence-electron chi connectivity index (χ0n) is 26.8. The van der Waals surface area contributed by atoms with Crippen LogP contribution in [0.25, 0.3) is 11.1 Å². The van der Waals surface area contributed by atoms with E-state index in [2.05, 4.69) is 39.0 Å². The summed E-state index contributed by atoms with van der Waals surface area (Å²) in [5.41, 5.74) is 6.12. The molecule has 0 saturated heterocycles. The van der Waals surface area contributed by atoms with Crippen LogP contribution in [0.2, 0.25) is 0 Å². The summed E-state index contributed by atoms with van der Waals surface area (Å²) in [5, 5.41) is 0. The van der Waals surface area contributed by atoms with E-state index >= 15 is 0 Å². The third-order valence-electron chi connectivity index (χ3n) is 8.46. The van der Waals surface area contributed by atoms with Crippen molar-refractivity contribution in [2.75, 3.05) is 0 Å². The molecule has 0 radical (unpaired) electrons. The van der Waals surface area contributed by atoms with E-state index in [-0.39, 0.29) is 53.2 Å². The lowest BCUT2D eigenvalue weighted by Crippen LogP contribution is -2.30. The first kappa shape index (κ1) is 34.3. The molecule has 1 aliphatic rings. The van der Waals surface area contributed by atoms with Gasteiger partial charge in [0.2, 0.25) is 0 Å². The molecular weight excluding hydrogens is 508 g/mol. The Hall–Kier alpha value is -2.88. The van der Waals surface area contributed by atoms with Crippen molar-refractivity contribution < 1.29 is 19.2 Å². The van der Waals surface area contributed by atoms with Gasteiger partial charge < -0.3 is 0 Å². The fourth-order valence-corrected chi connectivity index (χ4v) is 6.45. The highest BCUT2D eigenvalue weighted by Gasteiger charge is 2.34. The fraction of sp³-hybridized carbons (Fsp3) is 0.568. The number of aryl methyl sites for hydroxylation is 1. The Morgan fingerprint density at radius 2 is 1.54 bits per heavy atom. The van der Waals surface area contributed by atoms with Crippen molar-refractivity contribution in [3.8, 4) is 11.1 Å². The van der Waals surface area contributed by atoms with Gasteiger partial charge in [-0.25, -0.2) is 0 Å². The molecule has 0 fully saturated rings. The van der Waals surface area contributed by atoms with Crippen LogP contribution in [0.5, 0.6) is 0 Å². The molecular formula is C37H52O4.